The SMILES string of the molecule is CC1(C)CCCN(CC(C(N)=S)c2ccccc2)CC1. The molecule has 1 heterocycles. The lowest BCUT2D eigenvalue weighted by Gasteiger charge is -2.27. The van der Waals surface area contributed by atoms with E-state index in [4.69, 9.17) is 18.0 Å². The molecule has 1 aromatic rings. The highest BCUT2D eigenvalue weighted by Gasteiger charge is 2.25. The van der Waals surface area contributed by atoms with Crippen LogP contribution in [-0.2, 0) is 0 Å². The highest BCUT2D eigenvalue weighted by Crippen LogP contribution is 2.30. The molecule has 1 aromatic carbocycles. The zero-order valence-corrected chi connectivity index (χ0v) is 13.5. The van der Waals surface area contributed by atoms with E-state index in [1.807, 2.05) is 6.07 Å². The molecule has 0 spiro atoms. The van der Waals surface area contributed by atoms with Gasteiger partial charge in [-0.2, -0.15) is 0 Å². The van der Waals surface area contributed by atoms with E-state index in [9.17, 15) is 0 Å². The number of likely N-dealkylation sites (tertiary alicyclic amines) is 1. The van der Waals surface area contributed by atoms with E-state index in [-0.39, 0.29) is 5.92 Å². The molecule has 0 amide bonds. The molecule has 110 valence electrons. The molecule has 1 saturated heterocycles. The maximum atomic E-state index is 5.98. The van der Waals surface area contributed by atoms with Crippen molar-refractivity contribution in [2.75, 3.05) is 19.6 Å². The number of hydrogen-bond acceptors (Lipinski definition) is 2. The monoisotopic (exact) mass is 290 g/mol. The molecule has 1 aliphatic heterocycles. The Kier molecular flexibility index (Phi) is 5.17. The molecular weight excluding hydrogens is 264 g/mol. The van der Waals surface area contributed by atoms with Gasteiger partial charge in [0.2, 0.25) is 0 Å². The molecule has 2 rings (SSSR count). The minimum absolute atomic E-state index is 0.174. The van der Waals surface area contributed by atoms with Crippen LogP contribution in [0.4, 0.5) is 0 Å². The van der Waals surface area contributed by atoms with Crippen molar-refractivity contribution in [3.05, 3.63) is 35.9 Å². The summed E-state index contributed by atoms with van der Waals surface area (Å²) >= 11 is 5.30. The third-order valence-corrected chi connectivity index (χ3v) is 4.70. The van der Waals surface area contributed by atoms with Crippen LogP contribution in [0, 0.1) is 5.41 Å². The first-order chi connectivity index (χ1) is 9.48. The van der Waals surface area contributed by atoms with Gasteiger partial charge in [-0.3, -0.25) is 0 Å². The van der Waals surface area contributed by atoms with E-state index in [2.05, 4.69) is 43.0 Å². The van der Waals surface area contributed by atoms with Gasteiger partial charge in [0.15, 0.2) is 0 Å². The molecule has 0 saturated carbocycles. The average Bonchev–Trinajstić information content (AvgIpc) is 2.58. The van der Waals surface area contributed by atoms with Crippen molar-refractivity contribution in [1.29, 1.82) is 0 Å². The summed E-state index contributed by atoms with van der Waals surface area (Å²) in [5.41, 5.74) is 7.69. The van der Waals surface area contributed by atoms with Gasteiger partial charge in [0.1, 0.15) is 0 Å². The van der Waals surface area contributed by atoms with E-state index >= 15 is 0 Å². The summed E-state index contributed by atoms with van der Waals surface area (Å²) in [6.45, 7) is 8.02. The Balaban J connectivity index is 2.04. The van der Waals surface area contributed by atoms with Gasteiger partial charge < -0.3 is 10.6 Å². The second-order valence-corrected chi connectivity index (χ2v) is 7.16. The summed E-state index contributed by atoms with van der Waals surface area (Å²) in [6, 6.07) is 10.4. The predicted molar refractivity (Wildman–Crippen MR) is 90.0 cm³/mol. The van der Waals surface area contributed by atoms with Crippen molar-refractivity contribution in [2.24, 2.45) is 11.1 Å². The van der Waals surface area contributed by atoms with Crippen molar-refractivity contribution in [3.8, 4) is 0 Å². The number of benzene rings is 1. The topological polar surface area (TPSA) is 29.3 Å². The van der Waals surface area contributed by atoms with E-state index < -0.39 is 0 Å². The van der Waals surface area contributed by atoms with Gasteiger partial charge in [0.25, 0.3) is 0 Å². The highest BCUT2D eigenvalue weighted by molar-refractivity contribution is 7.80. The lowest BCUT2D eigenvalue weighted by molar-refractivity contribution is 0.260. The lowest BCUT2D eigenvalue weighted by Crippen LogP contribution is -2.35. The van der Waals surface area contributed by atoms with E-state index in [0.717, 1.165) is 19.6 Å². The van der Waals surface area contributed by atoms with Crippen molar-refractivity contribution >= 4 is 17.2 Å². The van der Waals surface area contributed by atoms with Gasteiger partial charge in [0, 0.05) is 12.5 Å². The quantitative estimate of drug-likeness (QED) is 0.860. The second kappa shape index (κ2) is 6.68. The Labute approximate surface area is 128 Å². The van der Waals surface area contributed by atoms with Gasteiger partial charge >= 0.3 is 0 Å². The van der Waals surface area contributed by atoms with Crippen LogP contribution in [0.3, 0.4) is 0 Å². The van der Waals surface area contributed by atoms with E-state index in [1.165, 1.54) is 24.8 Å². The highest BCUT2D eigenvalue weighted by atomic mass is 32.1. The second-order valence-electron chi connectivity index (χ2n) is 6.68. The molecule has 2 N–H and O–H groups in total. The third-order valence-electron chi connectivity index (χ3n) is 4.42. The van der Waals surface area contributed by atoms with E-state index in [0.29, 0.717) is 10.4 Å². The van der Waals surface area contributed by atoms with Gasteiger partial charge in [0.05, 0.1) is 4.99 Å². The summed E-state index contributed by atoms with van der Waals surface area (Å²) in [5, 5.41) is 0. The van der Waals surface area contributed by atoms with Crippen molar-refractivity contribution in [1.82, 2.24) is 4.90 Å². The maximum absolute atomic E-state index is 5.98. The lowest BCUT2D eigenvalue weighted by atomic mass is 9.85. The molecule has 0 aliphatic carbocycles. The summed E-state index contributed by atoms with van der Waals surface area (Å²) in [5.74, 6) is 0.174. The number of thiocarbonyl (C=S) groups is 1. The molecule has 2 nitrogen and oxygen atoms in total. The first kappa shape index (κ1) is 15.5. The summed E-state index contributed by atoms with van der Waals surface area (Å²) in [6.07, 6.45) is 3.84. The Morgan fingerprint density at radius 3 is 2.60 bits per heavy atom. The standard InChI is InChI=1S/C17H26N2S/c1-17(2)9-6-11-19(12-10-17)13-15(16(18)20)14-7-4-3-5-8-14/h3-5,7-8,15H,6,9-13H2,1-2H3,(H2,18,20). The van der Waals surface area contributed by atoms with Crippen LogP contribution in [-0.4, -0.2) is 29.5 Å². The Hall–Kier alpha value is -0.930. The molecule has 3 heteroatoms. The summed E-state index contributed by atoms with van der Waals surface area (Å²) < 4.78 is 0. The molecule has 1 atom stereocenters. The summed E-state index contributed by atoms with van der Waals surface area (Å²) in [4.78, 5) is 3.14. The molecule has 0 radical (unpaired) electrons. The molecule has 20 heavy (non-hydrogen) atoms. The van der Waals surface area contributed by atoms with E-state index in [1.54, 1.807) is 0 Å². The number of nitrogens with two attached hydrogens (primary N) is 1. The minimum atomic E-state index is 0.174. The van der Waals surface area contributed by atoms with Gasteiger partial charge in [-0.15, -0.1) is 0 Å². The fourth-order valence-electron chi connectivity index (χ4n) is 2.96. The van der Waals surface area contributed by atoms with Gasteiger partial charge in [-0.05, 0) is 43.3 Å². The number of rotatable bonds is 4. The molecule has 0 bridgehead atoms. The van der Waals surface area contributed by atoms with Gasteiger partial charge in [-0.25, -0.2) is 0 Å². The largest absolute Gasteiger partial charge is 0.393 e. The maximum Gasteiger partial charge on any atom is 0.0816 e. The Morgan fingerprint density at radius 1 is 1.25 bits per heavy atom. The zero-order valence-electron chi connectivity index (χ0n) is 12.6. The van der Waals surface area contributed by atoms with Crippen molar-refractivity contribution in [3.63, 3.8) is 0 Å². The van der Waals surface area contributed by atoms with Crippen molar-refractivity contribution < 1.29 is 0 Å². The van der Waals surface area contributed by atoms with Crippen LogP contribution >= 0.6 is 12.2 Å². The first-order valence-corrected chi connectivity index (χ1v) is 7.95. The Morgan fingerprint density at radius 2 is 1.95 bits per heavy atom. The van der Waals surface area contributed by atoms with Crippen molar-refractivity contribution in [2.45, 2.75) is 39.0 Å². The minimum Gasteiger partial charge on any atom is -0.393 e. The average molecular weight is 290 g/mol. The van der Waals surface area contributed by atoms with Crippen LogP contribution in [0.25, 0.3) is 0 Å². The predicted octanol–water partition coefficient (Wildman–Crippen LogP) is 3.57. The van der Waals surface area contributed by atoms with Crippen LogP contribution in [0.15, 0.2) is 30.3 Å². The smallest absolute Gasteiger partial charge is 0.0816 e. The first-order valence-electron chi connectivity index (χ1n) is 7.54. The molecule has 0 aromatic heterocycles. The van der Waals surface area contributed by atoms with Crippen LogP contribution in [0.5, 0.6) is 0 Å². The van der Waals surface area contributed by atoms with Crippen LogP contribution < -0.4 is 5.73 Å². The number of hydrogen-bond donors (Lipinski definition) is 1. The normalized spacial score (nSPS) is 21.1. The molecular formula is C17H26N2S. The fraction of sp³-hybridized carbons (Fsp3) is 0.588. The molecule has 1 aliphatic rings. The third kappa shape index (κ3) is 4.29. The van der Waals surface area contributed by atoms with Crippen LogP contribution in [0.1, 0.15) is 44.6 Å². The van der Waals surface area contributed by atoms with Gasteiger partial charge in [-0.1, -0.05) is 56.4 Å². The zero-order chi connectivity index (χ0) is 14.6. The van der Waals surface area contributed by atoms with Crippen LogP contribution in [0.2, 0.25) is 0 Å². The summed E-state index contributed by atoms with van der Waals surface area (Å²) in [7, 11) is 0. The molecule has 1 fully saturated rings. The Bertz CT molecular complexity index is 442. The number of nitrogens with zero attached hydrogens (tertiary/aromatic N) is 1. The molecule has 1 unspecified atom stereocenters. The fourth-order valence-corrected chi connectivity index (χ4v) is 3.18.